The fraction of sp³-hybridized carbons (Fsp3) is 0.0769. The summed E-state index contributed by atoms with van der Waals surface area (Å²) in [6.45, 7) is 1.72. The molecule has 0 atom stereocenters. The first-order valence-corrected chi connectivity index (χ1v) is 5.44. The summed E-state index contributed by atoms with van der Waals surface area (Å²) in [5.41, 5.74) is 1.24. The third-order valence-electron chi connectivity index (χ3n) is 2.97. The molecule has 0 unspecified atom stereocenters. The molecule has 0 aliphatic rings. The predicted molar refractivity (Wildman–Crippen MR) is 69.1 cm³/mol. The number of nitrogens with one attached hydrogen (secondary N) is 2. The molecular formula is C13H10N2O3. The van der Waals surface area contributed by atoms with Crippen LogP contribution in [0.1, 0.15) is 5.56 Å². The molecule has 2 heterocycles. The van der Waals surface area contributed by atoms with Gasteiger partial charge in [0.15, 0.2) is 5.75 Å². The third kappa shape index (κ3) is 1.48. The molecule has 3 aromatic rings. The normalized spacial score (nSPS) is 11.2. The van der Waals surface area contributed by atoms with Gasteiger partial charge in [0.25, 0.3) is 11.1 Å². The lowest BCUT2D eigenvalue weighted by Gasteiger charge is -2.03. The van der Waals surface area contributed by atoms with E-state index in [4.69, 9.17) is 0 Å². The molecule has 0 saturated heterocycles. The monoisotopic (exact) mass is 242 g/mol. The Morgan fingerprint density at radius 3 is 2.11 bits per heavy atom. The zero-order valence-corrected chi connectivity index (χ0v) is 9.57. The molecular weight excluding hydrogens is 232 g/mol. The molecule has 3 N–H and O–H groups in total. The van der Waals surface area contributed by atoms with E-state index < -0.39 is 5.56 Å². The quantitative estimate of drug-likeness (QED) is 0.520. The maximum absolute atomic E-state index is 11.5. The first-order chi connectivity index (χ1) is 8.54. The Kier molecular flexibility index (Phi) is 2.04. The van der Waals surface area contributed by atoms with Crippen molar-refractivity contribution in [1.29, 1.82) is 0 Å². The van der Waals surface area contributed by atoms with Crippen LogP contribution in [0.3, 0.4) is 0 Å². The van der Waals surface area contributed by atoms with Crippen molar-refractivity contribution in [3.8, 4) is 5.75 Å². The van der Waals surface area contributed by atoms with Crippen LogP contribution < -0.4 is 11.1 Å². The van der Waals surface area contributed by atoms with Crippen molar-refractivity contribution >= 4 is 21.8 Å². The summed E-state index contributed by atoms with van der Waals surface area (Å²) in [4.78, 5) is 28.2. The number of rotatable bonds is 0. The van der Waals surface area contributed by atoms with Crippen LogP contribution in [0.2, 0.25) is 0 Å². The molecule has 90 valence electrons. The number of hydrogen-bond donors (Lipinski definition) is 3. The fourth-order valence-corrected chi connectivity index (χ4v) is 2.01. The van der Waals surface area contributed by atoms with Gasteiger partial charge in [-0.15, -0.1) is 0 Å². The van der Waals surface area contributed by atoms with Crippen LogP contribution in [0, 0.1) is 6.92 Å². The molecule has 0 aliphatic heterocycles. The minimum Gasteiger partial charge on any atom is -0.503 e. The third-order valence-corrected chi connectivity index (χ3v) is 2.97. The number of aromatic hydroxyl groups is 1. The summed E-state index contributed by atoms with van der Waals surface area (Å²) in [5.74, 6) is -0.337. The van der Waals surface area contributed by atoms with E-state index in [9.17, 15) is 14.7 Å². The standard InChI is InChI=1S/C13H10N2O3/c1-6-2-7-3-10-8(4-9(7)14-12(6)17)5-11(16)13(18)15-10/h2-5,16H,1H3,(H,14,17)(H,15,18). The zero-order chi connectivity index (χ0) is 12.9. The minimum absolute atomic E-state index is 0.143. The lowest BCUT2D eigenvalue weighted by atomic mass is 10.1. The van der Waals surface area contributed by atoms with Crippen molar-refractivity contribution in [2.45, 2.75) is 6.92 Å². The summed E-state index contributed by atoms with van der Waals surface area (Å²) in [6.07, 6.45) is 0. The van der Waals surface area contributed by atoms with Gasteiger partial charge >= 0.3 is 0 Å². The van der Waals surface area contributed by atoms with E-state index in [1.807, 2.05) is 0 Å². The predicted octanol–water partition coefficient (Wildman–Crippen LogP) is 1.38. The summed E-state index contributed by atoms with van der Waals surface area (Å²) < 4.78 is 0. The van der Waals surface area contributed by atoms with Crippen LogP contribution >= 0.6 is 0 Å². The average molecular weight is 242 g/mol. The molecule has 0 spiro atoms. The Morgan fingerprint density at radius 1 is 0.889 bits per heavy atom. The molecule has 3 rings (SSSR count). The smallest absolute Gasteiger partial charge is 0.290 e. The van der Waals surface area contributed by atoms with E-state index in [0.29, 0.717) is 22.0 Å². The van der Waals surface area contributed by atoms with Crippen LogP contribution in [-0.2, 0) is 0 Å². The lowest BCUT2D eigenvalue weighted by molar-refractivity contribution is 0.468. The van der Waals surface area contributed by atoms with Gasteiger partial charge in [0.2, 0.25) is 0 Å². The van der Waals surface area contributed by atoms with Gasteiger partial charge in [-0.1, -0.05) is 0 Å². The summed E-state index contributed by atoms with van der Waals surface area (Å²) >= 11 is 0. The van der Waals surface area contributed by atoms with Gasteiger partial charge in [0.1, 0.15) is 0 Å². The summed E-state index contributed by atoms with van der Waals surface area (Å²) in [6, 6.07) is 6.64. The molecule has 0 radical (unpaired) electrons. The second kappa shape index (κ2) is 3.46. The molecule has 0 amide bonds. The second-order valence-electron chi connectivity index (χ2n) is 4.29. The van der Waals surface area contributed by atoms with Crippen LogP contribution in [0.25, 0.3) is 21.8 Å². The summed E-state index contributed by atoms with van der Waals surface area (Å²) in [5, 5.41) is 10.9. The Balaban J connectivity index is 2.51. The Labute approximate surface area is 101 Å². The topological polar surface area (TPSA) is 85.9 Å². The van der Waals surface area contributed by atoms with Crippen LogP contribution in [0.5, 0.6) is 5.75 Å². The molecule has 1 aromatic carbocycles. The van der Waals surface area contributed by atoms with Crippen molar-refractivity contribution < 1.29 is 5.11 Å². The fourth-order valence-electron chi connectivity index (χ4n) is 2.01. The Bertz CT molecular complexity index is 815. The maximum Gasteiger partial charge on any atom is 0.290 e. The first-order valence-electron chi connectivity index (χ1n) is 5.44. The number of pyridine rings is 2. The molecule has 0 fully saturated rings. The average Bonchev–Trinajstić information content (AvgIpc) is 2.31. The van der Waals surface area contributed by atoms with Crippen molar-refractivity contribution in [3.05, 3.63) is 50.5 Å². The number of H-pyrrole nitrogens is 2. The number of aromatic nitrogens is 2. The molecule has 5 nitrogen and oxygen atoms in total. The van der Waals surface area contributed by atoms with Crippen LogP contribution in [0.15, 0.2) is 33.9 Å². The van der Waals surface area contributed by atoms with Crippen molar-refractivity contribution in [1.82, 2.24) is 9.97 Å². The van der Waals surface area contributed by atoms with Crippen LogP contribution in [0.4, 0.5) is 0 Å². The number of benzene rings is 1. The van der Waals surface area contributed by atoms with Gasteiger partial charge in [0, 0.05) is 27.4 Å². The summed E-state index contributed by atoms with van der Waals surface area (Å²) in [7, 11) is 0. The highest BCUT2D eigenvalue weighted by Gasteiger charge is 2.04. The van der Waals surface area contributed by atoms with E-state index in [2.05, 4.69) is 9.97 Å². The van der Waals surface area contributed by atoms with E-state index >= 15 is 0 Å². The van der Waals surface area contributed by atoms with Crippen molar-refractivity contribution in [2.24, 2.45) is 0 Å². The van der Waals surface area contributed by atoms with Gasteiger partial charge < -0.3 is 15.1 Å². The molecule has 0 bridgehead atoms. The highest BCUT2D eigenvalue weighted by molar-refractivity contribution is 5.94. The Hall–Kier alpha value is -2.56. The van der Waals surface area contributed by atoms with E-state index in [0.717, 1.165) is 5.39 Å². The number of fused-ring (bicyclic) bond motifs is 2. The Morgan fingerprint density at radius 2 is 1.44 bits per heavy atom. The highest BCUT2D eigenvalue weighted by Crippen LogP contribution is 2.20. The van der Waals surface area contributed by atoms with E-state index in [1.54, 1.807) is 25.1 Å². The molecule has 2 aromatic heterocycles. The lowest BCUT2D eigenvalue weighted by Crippen LogP contribution is -2.09. The van der Waals surface area contributed by atoms with Crippen LogP contribution in [-0.4, -0.2) is 15.1 Å². The largest absolute Gasteiger partial charge is 0.503 e. The number of hydrogen-bond acceptors (Lipinski definition) is 3. The van der Waals surface area contributed by atoms with E-state index in [-0.39, 0.29) is 11.3 Å². The van der Waals surface area contributed by atoms with Gasteiger partial charge in [-0.25, -0.2) is 0 Å². The number of aromatic amines is 2. The molecule has 5 heteroatoms. The molecule has 0 saturated carbocycles. The van der Waals surface area contributed by atoms with Gasteiger partial charge in [-0.3, -0.25) is 9.59 Å². The molecule has 18 heavy (non-hydrogen) atoms. The second-order valence-corrected chi connectivity index (χ2v) is 4.29. The van der Waals surface area contributed by atoms with E-state index in [1.165, 1.54) is 6.07 Å². The minimum atomic E-state index is -0.525. The van der Waals surface area contributed by atoms with Gasteiger partial charge in [-0.2, -0.15) is 0 Å². The SMILES string of the molecule is Cc1cc2cc3[nH]c(=O)c(O)cc3cc2[nH]c1=O. The van der Waals surface area contributed by atoms with Gasteiger partial charge in [0.05, 0.1) is 0 Å². The van der Waals surface area contributed by atoms with Crippen molar-refractivity contribution in [3.63, 3.8) is 0 Å². The highest BCUT2D eigenvalue weighted by atomic mass is 16.3. The molecule has 0 aliphatic carbocycles. The zero-order valence-electron chi connectivity index (χ0n) is 9.57. The first kappa shape index (κ1) is 10.6. The number of aryl methyl sites for hydroxylation is 1. The maximum atomic E-state index is 11.5. The van der Waals surface area contributed by atoms with Gasteiger partial charge in [-0.05, 0) is 31.2 Å². The van der Waals surface area contributed by atoms with Crippen molar-refractivity contribution in [2.75, 3.05) is 0 Å².